The van der Waals surface area contributed by atoms with Crippen LogP contribution in [0.25, 0.3) is 11.3 Å². The molecule has 0 atom stereocenters. The number of amides is 1. The molecule has 0 saturated heterocycles. The average Bonchev–Trinajstić information content (AvgIpc) is 2.68. The molecule has 5 nitrogen and oxygen atoms in total. The van der Waals surface area contributed by atoms with Gasteiger partial charge in [-0.1, -0.05) is 58.1 Å². The number of aryl methyl sites for hydroxylation is 1. The van der Waals surface area contributed by atoms with Gasteiger partial charge in [0.15, 0.2) is 5.82 Å². The molecule has 1 saturated carbocycles. The third-order valence-electron chi connectivity index (χ3n) is 5.42. The Balaban J connectivity index is 1.80. The molecule has 1 aliphatic carbocycles. The maximum absolute atomic E-state index is 12.3. The number of nitrogens with one attached hydrogen (secondary N) is 1. The third-order valence-corrected chi connectivity index (χ3v) is 5.42. The van der Waals surface area contributed by atoms with Crippen LogP contribution in [-0.2, 0) is 11.2 Å². The maximum Gasteiger partial charge on any atom is 0.225 e. The summed E-state index contributed by atoms with van der Waals surface area (Å²) in [5.41, 5.74) is 9.22. The molecule has 3 rings (SSSR count). The number of hydrogen-bond donors (Lipinski definition) is 2. The van der Waals surface area contributed by atoms with E-state index in [1.54, 1.807) is 6.20 Å². The predicted octanol–water partition coefficient (Wildman–Crippen LogP) is 5.22. The molecule has 28 heavy (non-hydrogen) atoms. The summed E-state index contributed by atoms with van der Waals surface area (Å²) in [6, 6.07) is 7.66. The van der Waals surface area contributed by atoms with Crippen molar-refractivity contribution < 1.29 is 4.79 Å². The first kappa shape index (κ1) is 20.3. The summed E-state index contributed by atoms with van der Waals surface area (Å²) in [4.78, 5) is 21.7. The number of hydrogen-bond acceptors (Lipinski definition) is 4. The lowest BCUT2D eigenvalue weighted by Gasteiger charge is -2.21. The van der Waals surface area contributed by atoms with E-state index in [1.165, 1.54) is 32.1 Å². The van der Waals surface area contributed by atoms with Crippen molar-refractivity contribution in [1.29, 1.82) is 0 Å². The van der Waals surface area contributed by atoms with Crippen LogP contribution in [0.2, 0.25) is 0 Å². The fourth-order valence-corrected chi connectivity index (χ4v) is 3.87. The summed E-state index contributed by atoms with van der Waals surface area (Å²) < 4.78 is 0. The van der Waals surface area contributed by atoms with E-state index < -0.39 is 0 Å². The standard InChI is InChI=1S/C23H32N4O/c1-16(2)14-22(28)27-23-20(13-8-17-6-4-3-5-7-17)26-21(15-25-23)18-9-11-19(24)12-10-18/h9-12,15-17H,3-8,13-14,24H2,1-2H3,(H,25,27,28). The number of carbonyl (C=O) groups is 1. The van der Waals surface area contributed by atoms with Gasteiger partial charge in [0.05, 0.1) is 17.6 Å². The number of anilines is 2. The molecule has 1 heterocycles. The van der Waals surface area contributed by atoms with Crippen LogP contribution in [0.5, 0.6) is 0 Å². The van der Waals surface area contributed by atoms with Crippen molar-refractivity contribution in [3.8, 4) is 11.3 Å². The van der Waals surface area contributed by atoms with Gasteiger partial charge in [-0.2, -0.15) is 0 Å². The van der Waals surface area contributed by atoms with Crippen LogP contribution >= 0.6 is 0 Å². The Hall–Kier alpha value is -2.43. The normalized spacial score (nSPS) is 15.0. The SMILES string of the molecule is CC(C)CC(=O)Nc1ncc(-c2ccc(N)cc2)nc1CCC1CCCCC1. The van der Waals surface area contributed by atoms with Crippen molar-refractivity contribution in [2.45, 2.75) is 65.2 Å². The minimum absolute atomic E-state index is 0.00320. The molecule has 3 N–H and O–H groups in total. The molecular weight excluding hydrogens is 348 g/mol. The molecular formula is C23H32N4O. The lowest BCUT2D eigenvalue weighted by Crippen LogP contribution is -2.17. The predicted molar refractivity (Wildman–Crippen MR) is 115 cm³/mol. The molecule has 5 heteroatoms. The lowest BCUT2D eigenvalue weighted by molar-refractivity contribution is -0.116. The quantitative estimate of drug-likeness (QED) is 0.645. The molecule has 0 unspecified atom stereocenters. The van der Waals surface area contributed by atoms with Crippen LogP contribution in [0.15, 0.2) is 30.5 Å². The molecule has 2 aromatic rings. The fourth-order valence-electron chi connectivity index (χ4n) is 3.87. The summed E-state index contributed by atoms with van der Waals surface area (Å²) in [6.07, 6.45) is 10.8. The van der Waals surface area contributed by atoms with Gasteiger partial charge in [-0.3, -0.25) is 4.79 Å². The van der Waals surface area contributed by atoms with Crippen LogP contribution in [-0.4, -0.2) is 15.9 Å². The molecule has 1 fully saturated rings. The van der Waals surface area contributed by atoms with E-state index in [9.17, 15) is 4.79 Å². The van der Waals surface area contributed by atoms with E-state index in [1.807, 2.05) is 38.1 Å². The van der Waals surface area contributed by atoms with E-state index in [4.69, 9.17) is 10.7 Å². The topological polar surface area (TPSA) is 80.9 Å². The number of benzene rings is 1. The second-order valence-corrected chi connectivity index (χ2v) is 8.36. The molecule has 0 bridgehead atoms. The zero-order chi connectivity index (χ0) is 19.9. The molecule has 150 valence electrons. The van der Waals surface area contributed by atoms with Crippen molar-refractivity contribution in [1.82, 2.24) is 9.97 Å². The van der Waals surface area contributed by atoms with E-state index in [-0.39, 0.29) is 5.91 Å². The molecule has 1 aromatic carbocycles. The minimum Gasteiger partial charge on any atom is -0.399 e. The van der Waals surface area contributed by atoms with Gasteiger partial charge in [-0.05, 0) is 36.8 Å². The van der Waals surface area contributed by atoms with Crippen LogP contribution in [0.4, 0.5) is 11.5 Å². The van der Waals surface area contributed by atoms with E-state index >= 15 is 0 Å². The first-order valence-electron chi connectivity index (χ1n) is 10.5. The summed E-state index contributed by atoms with van der Waals surface area (Å²) in [7, 11) is 0. The smallest absolute Gasteiger partial charge is 0.225 e. The number of nitrogen functional groups attached to an aromatic ring is 1. The first-order valence-corrected chi connectivity index (χ1v) is 10.5. The van der Waals surface area contributed by atoms with Gasteiger partial charge in [0, 0.05) is 17.7 Å². The van der Waals surface area contributed by atoms with E-state index in [0.717, 1.165) is 41.4 Å². The highest BCUT2D eigenvalue weighted by atomic mass is 16.1. The summed E-state index contributed by atoms with van der Waals surface area (Å²) in [6.45, 7) is 4.08. The highest BCUT2D eigenvalue weighted by Crippen LogP contribution is 2.29. The number of carbonyl (C=O) groups excluding carboxylic acids is 1. The highest BCUT2D eigenvalue weighted by molar-refractivity contribution is 5.90. The maximum atomic E-state index is 12.3. The van der Waals surface area contributed by atoms with Crippen LogP contribution in [0, 0.1) is 11.8 Å². The van der Waals surface area contributed by atoms with Gasteiger partial charge in [0.2, 0.25) is 5.91 Å². The number of rotatable bonds is 7. The second kappa shape index (κ2) is 9.67. The Bertz CT molecular complexity index is 780. The first-order chi connectivity index (χ1) is 13.5. The zero-order valence-electron chi connectivity index (χ0n) is 17.1. The van der Waals surface area contributed by atoms with E-state index in [2.05, 4.69) is 10.3 Å². The molecule has 0 spiro atoms. The Morgan fingerprint density at radius 3 is 2.57 bits per heavy atom. The Morgan fingerprint density at radius 1 is 1.18 bits per heavy atom. The Labute approximate surface area is 168 Å². The molecule has 0 aliphatic heterocycles. The minimum atomic E-state index is 0.00320. The number of nitrogens with two attached hydrogens (primary N) is 1. The zero-order valence-corrected chi connectivity index (χ0v) is 17.1. The summed E-state index contributed by atoms with van der Waals surface area (Å²) in [5, 5.41) is 2.98. The van der Waals surface area contributed by atoms with Crippen LogP contribution in [0.1, 0.15) is 64.5 Å². The molecule has 1 aromatic heterocycles. The van der Waals surface area contributed by atoms with Crippen molar-refractivity contribution in [2.75, 3.05) is 11.1 Å². The Morgan fingerprint density at radius 2 is 1.89 bits per heavy atom. The number of nitrogens with zero attached hydrogens (tertiary/aromatic N) is 2. The summed E-state index contributed by atoms with van der Waals surface area (Å²) >= 11 is 0. The number of aromatic nitrogens is 2. The van der Waals surface area contributed by atoms with Gasteiger partial charge in [-0.25, -0.2) is 9.97 Å². The monoisotopic (exact) mass is 380 g/mol. The van der Waals surface area contributed by atoms with Gasteiger partial charge < -0.3 is 11.1 Å². The van der Waals surface area contributed by atoms with E-state index in [0.29, 0.717) is 18.2 Å². The third kappa shape index (κ3) is 5.78. The Kier molecular flexibility index (Phi) is 7.01. The molecule has 1 aliphatic rings. The fraction of sp³-hybridized carbons (Fsp3) is 0.522. The molecule has 0 radical (unpaired) electrons. The second-order valence-electron chi connectivity index (χ2n) is 8.36. The lowest BCUT2D eigenvalue weighted by atomic mass is 9.86. The van der Waals surface area contributed by atoms with Crippen molar-refractivity contribution >= 4 is 17.4 Å². The van der Waals surface area contributed by atoms with Crippen LogP contribution in [0.3, 0.4) is 0 Å². The van der Waals surface area contributed by atoms with Gasteiger partial charge in [0.25, 0.3) is 0 Å². The molecule has 1 amide bonds. The van der Waals surface area contributed by atoms with Gasteiger partial charge >= 0.3 is 0 Å². The van der Waals surface area contributed by atoms with Crippen molar-refractivity contribution in [2.24, 2.45) is 11.8 Å². The summed E-state index contributed by atoms with van der Waals surface area (Å²) in [5.74, 6) is 1.69. The van der Waals surface area contributed by atoms with Crippen LogP contribution < -0.4 is 11.1 Å². The largest absolute Gasteiger partial charge is 0.399 e. The van der Waals surface area contributed by atoms with Crippen molar-refractivity contribution in [3.63, 3.8) is 0 Å². The van der Waals surface area contributed by atoms with Gasteiger partial charge in [-0.15, -0.1) is 0 Å². The van der Waals surface area contributed by atoms with Crippen molar-refractivity contribution in [3.05, 3.63) is 36.2 Å². The highest BCUT2D eigenvalue weighted by Gasteiger charge is 2.17. The average molecular weight is 381 g/mol. The van der Waals surface area contributed by atoms with Gasteiger partial charge in [0.1, 0.15) is 0 Å².